The number of hydrogen-bond donors (Lipinski definition) is 1. The van der Waals surface area contributed by atoms with Crippen molar-refractivity contribution in [1.29, 1.82) is 0 Å². The molecule has 1 atom stereocenters. The van der Waals surface area contributed by atoms with Crippen molar-refractivity contribution in [3.05, 3.63) is 33.8 Å². The Bertz CT molecular complexity index is 435. The monoisotopic (exact) mass is 302 g/mol. The summed E-state index contributed by atoms with van der Waals surface area (Å²) < 4.78 is 0. The van der Waals surface area contributed by atoms with Gasteiger partial charge < -0.3 is 10.2 Å². The molecule has 0 saturated carbocycles. The van der Waals surface area contributed by atoms with Crippen LogP contribution in [0.4, 0.5) is 0 Å². The van der Waals surface area contributed by atoms with Crippen LogP contribution in [-0.4, -0.2) is 31.4 Å². The zero-order valence-corrected chi connectivity index (χ0v) is 13.1. The largest absolute Gasteiger partial charge is 0.349 e. The molecule has 1 N–H and O–H groups in total. The molecule has 1 aromatic rings. The number of halogens is 2. The van der Waals surface area contributed by atoms with Gasteiger partial charge in [0.2, 0.25) is 5.91 Å². The lowest BCUT2D eigenvalue weighted by molar-refractivity contribution is -0.128. The number of benzene rings is 1. The Morgan fingerprint density at radius 2 is 2.05 bits per heavy atom. The molecule has 0 saturated heterocycles. The summed E-state index contributed by atoms with van der Waals surface area (Å²) in [6.07, 6.45) is 1.37. The van der Waals surface area contributed by atoms with E-state index in [0.717, 1.165) is 18.5 Å². The van der Waals surface area contributed by atoms with E-state index in [2.05, 4.69) is 5.32 Å². The second-order valence-electron chi connectivity index (χ2n) is 4.73. The standard InChI is InChI=1S/C14H20Cl2N2O/c1-10(12-7-6-11(15)9-13(12)16)17-8-4-5-14(19)18(2)3/h6-7,9-10,17H,4-5,8H2,1-3H3. The van der Waals surface area contributed by atoms with Crippen LogP contribution in [0.1, 0.15) is 31.4 Å². The molecule has 1 amide bonds. The zero-order valence-electron chi connectivity index (χ0n) is 11.5. The van der Waals surface area contributed by atoms with Crippen molar-refractivity contribution in [2.24, 2.45) is 0 Å². The van der Waals surface area contributed by atoms with Crippen LogP contribution in [0.5, 0.6) is 0 Å². The van der Waals surface area contributed by atoms with Gasteiger partial charge in [0.15, 0.2) is 0 Å². The first-order valence-corrected chi connectivity index (χ1v) is 7.06. The Morgan fingerprint density at radius 1 is 1.37 bits per heavy atom. The Morgan fingerprint density at radius 3 is 2.63 bits per heavy atom. The first kappa shape index (κ1) is 16.3. The van der Waals surface area contributed by atoms with Crippen molar-refractivity contribution < 1.29 is 4.79 Å². The van der Waals surface area contributed by atoms with Crippen LogP contribution in [0.3, 0.4) is 0 Å². The molecular formula is C14H20Cl2N2O. The van der Waals surface area contributed by atoms with Gasteiger partial charge in [-0.05, 0) is 37.6 Å². The number of amides is 1. The van der Waals surface area contributed by atoms with Gasteiger partial charge in [-0.3, -0.25) is 4.79 Å². The highest BCUT2D eigenvalue weighted by Gasteiger charge is 2.10. The van der Waals surface area contributed by atoms with Crippen LogP contribution in [0, 0.1) is 0 Å². The van der Waals surface area contributed by atoms with Gasteiger partial charge in [0.25, 0.3) is 0 Å². The van der Waals surface area contributed by atoms with Gasteiger partial charge in [0.1, 0.15) is 0 Å². The summed E-state index contributed by atoms with van der Waals surface area (Å²) >= 11 is 12.0. The average Bonchev–Trinajstić information content (AvgIpc) is 2.33. The zero-order chi connectivity index (χ0) is 14.4. The molecule has 0 aliphatic rings. The topological polar surface area (TPSA) is 32.3 Å². The fraction of sp³-hybridized carbons (Fsp3) is 0.500. The molecule has 0 radical (unpaired) electrons. The van der Waals surface area contributed by atoms with E-state index in [9.17, 15) is 4.79 Å². The Labute approximate surface area is 124 Å². The Balaban J connectivity index is 2.39. The van der Waals surface area contributed by atoms with Crippen LogP contribution in [0.15, 0.2) is 18.2 Å². The molecule has 1 rings (SSSR count). The van der Waals surface area contributed by atoms with E-state index in [1.165, 1.54) is 0 Å². The normalized spacial score (nSPS) is 12.3. The van der Waals surface area contributed by atoms with E-state index in [0.29, 0.717) is 16.5 Å². The number of carbonyl (C=O) groups excluding carboxylic acids is 1. The smallest absolute Gasteiger partial charge is 0.222 e. The molecular weight excluding hydrogens is 283 g/mol. The van der Waals surface area contributed by atoms with Gasteiger partial charge in [0, 0.05) is 36.6 Å². The summed E-state index contributed by atoms with van der Waals surface area (Å²) in [4.78, 5) is 13.0. The molecule has 5 heteroatoms. The number of hydrogen-bond acceptors (Lipinski definition) is 2. The van der Waals surface area contributed by atoms with Crippen LogP contribution in [0.25, 0.3) is 0 Å². The highest BCUT2D eigenvalue weighted by atomic mass is 35.5. The minimum Gasteiger partial charge on any atom is -0.349 e. The first-order valence-electron chi connectivity index (χ1n) is 6.30. The molecule has 1 aromatic carbocycles. The van der Waals surface area contributed by atoms with Crippen LogP contribution in [0.2, 0.25) is 10.0 Å². The van der Waals surface area contributed by atoms with Crippen molar-refractivity contribution in [1.82, 2.24) is 10.2 Å². The molecule has 0 aromatic heterocycles. The molecule has 0 heterocycles. The predicted octanol–water partition coefficient (Wildman–Crippen LogP) is 3.51. The van der Waals surface area contributed by atoms with Gasteiger partial charge in [-0.1, -0.05) is 29.3 Å². The van der Waals surface area contributed by atoms with Gasteiger partial charge in [-0.2, -0.15) is 0 Å². The van der Waals surface area contributed by atoms with Gasteiger partial charge in [-0.25, -0.2) is 0 Å². The maximum absolute atomic E-state index is 11.4. The van der Waals surface area contributed by atoms with Crippen LogP contribution in [-0.2, 0) is 4.79 Å². The molecule has 19 heavy (non-hydrogen) atoms. The fourth-order valence-electron chi connectivity index (χ4n) is 1.74. The number of nitrogens with zero attached hydrogens (tertiary/aromatic N) is 1. The number of nitrogens with one attached hydrogen (secondary N) is 1. The van der Waals surface area contributed by atoms with E-state index in [-0.39, 0.29) is 11.9 Å². The van der Waals surface area contributed by atoms with Crippen LogP contribution < -0.4 is 5.32 Å². The lowest BCUT2D eigenvalue weighted by Gasteiger charge is -2.16. The van der Waals surface area contributed by atoms with E-state index < -0.39 is 0 Å². The second-order valence-corrected chi connectivity index (χ2v) is 5.58. The third-order valence-electron chi connectivity index (χ3n) is 2.95. The first-order chi connectivity index (χ1) is 8.91. The SMILES string of the molecule is CC(NCCCC(=O)N(C)C)c1ccc(Cl)cc1Cl. The van der Waals surface area contributed by atoms with Crippen molar-refractivity contribution in [2.75, 3.05) is 20.6 Å². The molecule has 1 unspecified atom stereocenters. The van der Waals surface area contributed by atoms with E-state index >= 15 is 0 Å². The van der Waals surface area contributed by atoms with Crippen LogP contribution >= 0.6 is 23.2 Å². The van der Waals surface area contributed by atoms with Crippen molar-refractivity contribution >= 4 is 29.1 Å². The third kappa shape index (κ3) is 5.39. The summed E-state index contributed by atoms with van der Waals surface area (Å²) in [6, 6.07) is 5.63. The molecule has 0 aliphatic carbocycles. The molecule has 0 spiro atoms. The second kappa shape index (κ2) is 7.73. The summed E-state index contributed by atoms with van der Waals surface area (Å²) in [5.74, 6) is 0.152. The predicted molar refractivity (Wildman–Crippen MR) is 80.8 cm³/mol. The maximum atomic E-state index is 11.4. The van der Waals surface area contributed by atoms with Crippen molar-refractivity contribution in [2.45, 2.75) is 25.8 Å². The number of rotatable bonds is 6. The van der Waals surface area contributed by atoms with E-state index in [1.54, 1.807) is 25.1 Å². The Hall–Kier alpha value is -0.770. The molecule has 0 aliphatic heterocycles. The highest BCUT2D eigenvalue weighted by Crippen LogP contribution is 2.25. The van der Waals surface area contributed by atoms with Gasteiger partial charge in [-0.15, -0.1) is 0 Å². The lowest BCUT2D eigenvalue weighted by atomic mass is 10.1. The summed E-state index contributed by atoms with van der Waals surface area (Å²) in [6.45, 7) is 2.82. The fourth-order valence-corrected chi connectivity index (χ4v) is 2.32. The summed E-state index contributed by atoms with van der Waals surface area (Å²) in [5, 5.41) is 4.66. The Kier molecular flexibility index (Phi) is 6.63. The molecule has 0 bridgehead atoms. The third-order valence-corrected chi connectivity index (χ3v) is 3.51. The average molecular weight is 303 g/mol. The summed E-state index contributed by atoms with van der Waals surface area (Å²) in [7, 11) is 3.54. The molecule has 3 nitrogen and oxygen atoms in total. The van der Waals surface area contributed by atoms with Gasteiger partial charge >= 0.3 is 0 Å². The number of carbonyl (C=O) groups is 1. The summed E-state index contributed by atoms with van der Waals surface area (Å²) in [5.41, 5.74) is 1.02. The van der Waals surface area contributed by atoms with Crippen molar-refractivity contribution in [3.8, 4) is 0 Å². The van der Waals surface area contributed by atoms with E-state index in [4.69, 9.17) is 23.2 Å². The highest BCUT2D eigenvalue weighted by molar-refractivity contribution is 6.35. The minimum atomic E-state index is 0.138. The van der Waals surface area contributed by atoms with Gasteiger partial charge in [0.05, 0.1) is 0 Å². The quantitative estimate of drug-likeness (QED) is 0.816. The molecule has 0 fully saturated rings. The lowest BCUT2D eigenvalue weighted by Crippen LogP contribution is -2.24. The molecule has 106 valence electrons. The minimum absolute atomic E-state index is 0.138. The van der Waals surface area contributed by atoms with Crippen molar-refractivity contribution in [3.63, 3.8) is 0 Å². The van der Waals surface area contributed by atoms with E-state index in [1.807, 2.05) is 19.1 Å². The maximum Gasteiger partial charge on any atom is 0.222 e.